The lowest BCUT2D eigenvalue weighted by atomic mass is 10.2. The van der Waals surface area contributed by atoms with Gasteiger partial charge in [-0.2, -0.15) is 5.10 Å². The molecule has 8 heteroatoms. The highest BCUT2D eigenvalue weighted by Crippen LogP contribution is 2.14. The molecule has 3 heterocycles. The molecule has 0 bridgehead atoms. The molecule has 0 aliphatic carbocycles. The van der Waals surface area contributed by atoms with E-state index in [9.17, 15) is 4.79 Å². The number of piperazine rings is 1. The van der Waals surface area contributed by atoms with Crippen LogP contribution in [-0.4, -0.2) is 63.6 Å². The van der Waals surface area contributed by atoms with Gasteiger partial charge >= 0.3 is 0 Å². The highest BCUT2D eigenvalue weighted by molar-refractivity contribution is 5.77. The Hall–Kier alpha value is -3.26. The average Bonchev–Trinajstić information content (AvgIpc) is 3.21. The molecule has 1 amide bonds. The van der Waals surface area contributed by atoms with Crippen molar-refractivity contribution >= 4 is 11.7 Å². The number of hydrogen-bond acceptors (Lipinski definition) is 6. The Kier molecular flexibility index (Phi) is 5.81. The number of aromatic nitrogens is 4. The first kappa shape index (κ1) is 19.1. The van der Waals surface area contributed by atoms with Gasteiger partial charge in [-0.05, 0) is 30.7 Å². The number of anilines is 1. The second-order valence-electron chi connectivity index (χ2n) is 7.00. The fourth-order valence-corrected chi connectivity index (χ4v) is 3.26. The zero-order valence-electron chi connectivity index (χ0n) is 16.4. The smallest absolute Gasteiger partial charge is 0.248 e. The number of carbonyl (C=O) groups is 1. The first-order valence-electron chi connectivity index (χ1n) is 9.70. The minimum Gasteiger partial charge on any atom is -0.367 e. The Balaban J connectivity index is 1.25. The molecule has 0 spiro atoms. The molecule has 1 aliphatic heterocycles. The summed E-state index contributed by atoms with van der Waals surface area (Å²) in [7, 11) is 0. The van der Waals surface area contributed by atoms with Crippen LogP contribution in [0.1, 0.15) is 11.3 Å². The normalized spacial score (nSPS) is 14.2. The van der Waals surface area contributed by atoms with Crippen molar-refractivity contribution in [3.63, 3.8) is 0 Å². The number of nitrogens with zero attached hydrogens (tertiary/aromatic N) is 6. The van der Waals surface area contributed by atoms with Gasteiger partial charge in [-0.25, -0.2) is 4.68 Å². The number of carbonyl (C=O) groups excluding carboxylic acids is 1. The van der Waals surface area contributed by atoms with Crippen LogP contribution in [0.3, 0.4) is 0 Å². The van der Waals surface area contributed by atoms with Crippen LogP contribution in [0, 0.1) is 6.92 Å². The van der Waals surface area contributed by atoms with Crippen molar-refractivity contribution < 1.29 is 9.53 Å². The Bertz CT molecular complexity index is 933. The van der Waals surface area contributed by atoms with Crippen LogP contribution in [0.2, 0.25) is 0 Å². The van der Waals surface area contributed by atoms with E-state index in [-0.39, 0.29) is 12.5 Å². The van der Waals surface area contributed by atoms with Gasteiger partial charge in [0.15, 0.2) is 11.6 Å². The lowest BCUT2D eigenvalue weighted by molar-refractivity contribution is -0.136. The van der Waals surface area contributed by atoms with Crippen molar-refractivity contribution in [1.82, 2.24) is 24.9 Å². The number of amides is 1. The second-order valence-corrected chi connectivity index (χ2v) is 7.00. The third-order valence-corrected chi connectivity index (χ3v) is 4.89. The van der Waals surface area contributed by atoms with Gasteiger partial charge in [-0.1, -0.05) is 30.3 Å². The van der Waals surface area contributed by atoms with Crippen LogP contribution in [0.15, 0.2) is 54.7 Å². The Morgan fingerprint density at radius 2 is 1.69 bits per heavy atom. The highest BCUT2D eigenvalue weighted by Gasteiger charge is 2.22. The fourth-order valence-electron chi connectivity index (χ4n) is 3.26. The molecular weight excluding hydrogens is 368 g/mol. The fraction of sp³-hybridized carbons (Fsp3) is 0.333. The zero-order valence-corrected chi connectivity index (χ0v) is 16.4. The summed E-state index contributed by atoms with van der Waals surface area (Å²) in [6, 6.07) is 15.6. The molecule has 8 nitrogen and oxygen atoms in total. The maximum absolute atomic E-state index is 12.4. The van der Waals surface area contributed by atoms with Crippen molar-refractivity contribution in [2.24, 2.45) is 0 Å². The molecule has 3 aromatic rings. The van der Waals surface area contributed by atoms with Crippen molar-refractivity contribution in [2.75, 3.05) is 37.7 Å². The minimum absolute atomic E-state index is 0.0241. The summed E-state index contributed by atoms with van der Waals surface area (Å²) >= 11 is 0. The third kappa shape index (κ3) is 4.78. The number of hydrogen-bond donors (Lipinski definition) is 0. The average molecular weight is 392 g/mol. The molecule has 29 heavy (non-hydrogen) atoms. The summed E-state index contributed by atoms with van der Waals surface area (Å²) < 4.78 is 7.27. The SMILES string of the molecule is Cc1ccn(-c2ccc(N3CCN(C(=O)COCc4ccccc4)CC3)nn2)n1. The highest BCUT2D eigenvalue weighted by atomic mass is 16.5. The van der Waals surface area contributed by atoms with Crippen LogP contribution in [0.5, 0.6) is 0 Å². The third-order valence-electron chi connectivity index (χ3n) is 4.89. The van der Waals surface area contributed by atoms with E-state index in [1.54, 1.807) is 4.68 Å². The molecule has 0 radical (unpaired) electrons. The van der Waals surface area contributed by atoms with Gasteiger partial charge in [0.1, 0.15) is 6.61 Å². The van der Waals surface area contributed by atoms with Crippen molar-refractivity contribution in [3.8, 4) is 5.82 Å². The number of ether oxygens (including phenoxy) is 1. The van der Waals surface area contributed by atoms with Gasteiger partial charge in [0.2, 0.25) is 5.91 Å². The van der Waals surface area contributed by atoms with Gasteiger partial charge in [0.25, 0.3) is 0 Å². The van der Waals surface area contributed by atoms with E-state index in [0.29, 0.717) is 25.5 Å². The lowest BCUT2D eigenvalue weighted by Crippen LogP contribution is -2.50. The molecule has 4 rings (SSSR count). The van der Waals surface area contributed by atoms with E-state index in [2.05, 4.69) is 20.2 Å². The monoisotopic (exact) mass is 392 g/mol. The molecule has 2 aromatic heterocycles. The minimum atomic E-state index is 0.0241. The molecule has 0 saturated carbocycles. The predicted octanol–water partition coefficient (Wildman–Crippen LogP) is 1.84. The summed E-state index contributed by atoms with van der Waals surface area (Å²) in [4.78, 5) is 16.4. The molecule has 0 atom stereocenters. The van der Waals surface area contributed by atoms with Gasteiger partial charge in [0.05, 0.1) is 12.3 Å². The molecule has 150 valence electrons. The molecule has 1 saturated heterocycles. The van der Waals surface area contributed by atoms with Crippen LogP contribution in [0.4, 0.5) is 5.82 Å². The summed E-state index contributed by atoms with van der Waals surface area (Å²) in [5.41, 5.74) is 2.00. The predicted molar refractivity (Wildman–Crippen MR) is 109 cm³/mol. The number of benzene rings is 1. The van der Waals surface area contributed by atoms with E-state index >= 15 is 0 Å². The van der Waals surface area contributed by atoms with Crippen LogP contribution >= 0.6 is 0 Å². The molecule has 0 unspecified atom stereocenters. The Morgan fingerprint density at radius 1 is 0.966 bits per heavy atom. The quantitative estimate of drug-likeness (QED) is 0.637. The van der Waals surface area contributed by atoms with Gasteiger partial charge in [-0.15, -0.1) is 10.2 Å². The first-order chi connectivity index (χ1) is 14.2. The Labute approximate surface area is 169 Å². The van der Waals surface area contributed by atoms with E-state index in [1.807, 2.05) is 66.6 Å². The number of rotatable bonds is 6. The maximum Gasteiger partial charge on any atom is 0.248 e. The van der Waals surface area contributed by atoms with Crippen LogP contribution in [-0.2, 0) is 16.1 Å². The van der Waals surface area contributed by atoms with Gasteiger partial charge in [0, 0.05) is 32.4 Å². The number of aryl methyl sites for hydroxylation is 1. The first-order valence-corrected chi connectivity index (χ1v) is 9.70. The summed E-state index contributed by atoms with van der Waals surface area (Å²) in [5, 5.41) is 12.9. The largest absolute Gasteiger partial charge is 0.367 e. The van der Waals surface area contributed by atoms with E-state index in [1.165, 1.54) is 0 Å². The standard InChI is InChI=1S/C21H24N6O2/c1-17-9-10-27(24-17)20-8-7-19(22-23-20)25-11-13-26(14-12-25)21(28)16-29-15-18-5-3-2-4-6-18/h2-10H,11-16H2,1H3. The van der Waals surface area contributed by atoms with Crippen molar-refractivity contribution in [1.29, 1.82) is 0 Å². The van der Waals surface area contributed by atoms with Gasteiger partial charge in [-0.3, -0.25) is 4.79 Å². The molecule has 1 aliphatic rings. The topological polar surface area (TPSA) is 76.4 Å². The van der Waals surface area contributed by atoms with Crippen LogP contribution in [0.25, 0.3) is 5.82 Å². The maximum atomic E-state index is 12.4. The van der Waals surface area contributed by atoms with Crippen molar-refractivity contribution in [2.45, 2.75) is 13.5 Å². The summed E-state index contributed by atoms with van der Waals surface area (Å²) in [6.07, 6.45) is 1.86. The Morgan fingerprint density at radius 3 is 2.34 bits per heavy atom. The molecule has 0 N–H and O–H groups in total. The summed E-state index contributed by atoms with van der Waals surface area (Å²) in [5.74, 6) is 1.52. The molecular formula is C21H24N6O2. The van der Waals surface area contributed by atoms with Crippen LogP contribution < -0.4 is 4.90 Å². The molecule has 1 fully saturated rings. The summed E-state index contributed by atoms with van der Waals surface area (Å²) in [6.45, 7) is 5.23. The van der Waals surface area contributed by atoms with E-state index < -0.39 is 0 Å². The van der Waals surface area contributed by atoms with Gasteiger partial charge < -0.3 is 14.5 Å². The molecule has 1 aromatic carbocycles. The van der Waals surface area contributed by atoms with Crippen molar-refractivity contribution in [3.05, 3.63) is 66.0 Å². The van der Waals surface area contributed by atoms with E-state index in [4.69, 9.17) is 4.74 Å². The zero-order chi connectivity index (χ0) is 20.1. The van der Waals surface area contributed by atoms with E-state index in [0.717, 1.165) is 30.2 Å². The lowest BCUT2D eigenvalue weighted by Gasteiger charge is -2.35. The second kappa shape index (κ2) is 8.83.